The van der Waals surface area contributed by atoms with Crippen molar-refractivity contribution in [2.75, 3.05) is 13.7 Å². The Hall–Kier alpha value is -3.10. The molecule has 0 bridgehead atoms. The number of hydrogen-bond donors (Lipinski definition) is 2. The fourth-order valence-electron chi connectivity index (χ4n) is 4.09. The molecular formula is C27H41N3O6. The molecule has 5 atom stereocenters. The highest BCUT2D eigenvalue weighted by atomic mass is 16.6. The second-order valence-corrected chi connectivity index (χ2v) is 10.6. The first-order valence-corrected chi connectivity index (χ1v) is 12.5. The molecule has 2 N–H and O–H groups in total. The Morgan fingerprint density at radius 1 is 1.17 bits per heavy atom. The highest BCUT2D eigenvalue weighted by molar-refractivity contribution is 5.94. The van der Waals surface area contributed by atoms with Gasteiger partial charge in [0.05, 0.1) is 7.11 Å². The second-order valence-electron chi connectivity index (χ2n) is 10.6. The van der Waals surface area contributed by atoms with E-state index in [2.05, 4.69) is 15.4 Å². The number of nitrogens with zero attached hydrogens (tertiary/aromatic N) is 1. The molecule has 0 aromatic heterocycles. The summed E-state index contributed by atoms with van der Waals surface area (Å²) in [5, 5.41) is 5.39. The van der Waals surface area contributed by atoms with Crippen LogP contribution in [0.1, 0.15) is 71.6 Å². The summed E-state index contributed by atoms with van der Waals surface area (Å²) >= 11 is 0. The van der Waals surface area contributed by atoms with Gasteiger partial charge in [-0.3, -0.25) is 14.4 Å². The molecule has 200 valence electrons. The molecule has 9 nitrogen and oxygen atoms in total. The maximum absolute atomic E-state index is 14.2. The van der Waals surface area contributed by atoms with Crippen LogP contribution in [0.2, 0.25) is 0 Å². The Morgan fingerprint density at radius 3 is 2.28 bits per heavy atom. The predicted octanol–water partition coefficient (Wildman–Crippen LogP) is 3.50. The topological polar surface area (TPSA) is 114 Å². The van der Waals surface area contributed by atoms with Crippen LogP contribution in [0, 0.1) is 18.8 Å². The van der Waals surface area contributed by atoms with Crippen LogP contribution in [0.3, 0.4) is 0 Å². The molecule has 1 aromatic carbocycles. The zero-order valence-electron chi connectivity index (χ0n) is 22.7. The van der Waals surface area contributed by atoms with Crippen molar-refractivity contribution in [3.05, 3.63) is 35.4 Å². The summed E-state index contributed by atoms with van der Waals surface area (Å²) in [5.41, 5.74) is 0.768. The van der Waals surface area contributed by atoms with Crippen molar-refractivity contribution in [3.8, 4) is 0 Å². The van der Waals surface area contributed by atoms with Crippen LogP contribution < -0.4 is 10.6 Å². The first-order chi connectivity index (χ1) is 16.8. The first kappa shape index (κ1) is 29.1. The van der Waals surface area contributed by atoms with Gasteiger partial charge in [-0.15, -0.1) is 0 Å². The lowest BCUT2D eigenvalue weighted by atomic mass is 9.94. The molecule has 1 aliphatic carbocycles. The van der Waals surface area contributed by atoms with Crippen LogP contribution in [0.5, 0.6) is 0 Å². The monoisotopic (exact) mass is 503 g/mol. The van der Waals surface area contributed by atoms with E-state index in [-0.39, 0.29) is 30.3 Å². The summed E-state index contributed by atoms with van der Waals surface area (Å²) in [6, 6.07) is 5.30. The molecular weight excluding hydrogens is 462 g/mol. The van der Waals surface area contributed by atoms with Gasteiger partial charge in [0.15, 0.2) is 0 Å². The zero-order valence-corrected chi connectivity index (χ0v) is 22.7. The normalized spacial score (nSPS) is 19.3. The highest BCUT2D eigenvalue weighted by Crippen LogP contribution is 2.41. The van der Waals surface area contributed by atoms with E-state index in [9.17, 15) is 19.2 Å². The summed E-state index contributed by atoms with van der Waals surface area (Å²) in [6.07, 6.45) is 0.676. The third-order valence-electron chi connectivity index (χ3n) is 6.47. The molecule has 1 aromatic rings. The number of nitrogens with one attached hydrogen (secondary N) is 2. The highest BCUT2D eigenvalue weighted by Gasteiger charge is 2.49. The molecule has 2 rings (SSSR count). The van der Waals surface area contributed by atoms with E-state index in [1.54, 1.807) is 25.7 Å². The van der Waals surface area contributed by atoms with E-state index in [1.807, 2.05) is 52.0 Å². The summed E-state index contributed by atoms with van der Waals surface area (Å²) in [7, 11) is 1.24. The van der Waals surface area contributed by atoms with Crippen molar-refractivity contribution in [1.29, 1.82) is 0 Å². The van der Waals surface area contributed by atoms with Gasteiger partial charge in [0, 0.05) is 6.04 Å². The van der Waals surface area contributed by atoms with Crippen LogP contribution in [0.15, 0.2) is 24.3 Å². The number of amides is 3. The van der Waals surface area contributed by atoms with Gasteiger partial charge in [0.25, 0.3) is 0 Å². The summed E-state index contributed by atoms with van der Waals surface area (Å²) < 4.78 is 10.1. The summed E-state index contributed by atoms with van der Waals surface area (Å²) in [5.74, 6) is -1.45. The van der Waals surface area contributed by atoms with Gasteiger partial charge in [-0.2, -0.15) is 0 Å². The number of carbonyl (C=O) groups excluding carboxylic acids is 4. The van der Waals surface area contributed by atoms with Crippen molar-refractivity contribution in [2.45, 2.75) is 85.0 Å². The third kappa shape index (κ3) is 7.70. The second kappa shape index (κ2) is 12.2. The number of alkyl carbamates (subject to hydrolysis) is 1. The standard InChI is InChI=1S/C27H41N3O6/c1-9-16(2)22(29-26(34)36-27(5,6)7)25(33)30(20-14-18(20)4)23(19-13-11-10-12-17(19)3)24(32)28-15-21(31)35-8/h10-13,16,18,20,22-23H,9,14-15H2,1-8H3,(H,28,32)(H,29,34). The maximum atomic E-state index is 14.2. The maximum Gasteiger partial charge on any atom is 0.408 e. The minimum atomic E-state index is -0.981. The molecule has 5 unspecified atom stereocenters. The predicted molar refractivity (Wildman–Crippen MR) is 136 cm³/mol. The minimum absolute atomic E-state index is 0.182. The van der Waals surface area contributed by atoms with Crippen LogP contribution in [-0.4, -0.2) is 60.1 Å². The molecule has 1 saturated carbocycles. The van der Waals surface area contributed by atoms with Crippen LogP contribution >= 0.6 is 0 Å². The summed E-state index contributed by atoms with van der Waals surface area (Å²) in [4.78, 5) is 53.7. The molecule has 1 fully saturated rings. The van der Waals surface area contributed by atoms with Crippen LogP contribution in [0.25, 0.3) is 0 Å². The van der Waals surface area contributed by atoms with E-state index in [1.165, 1.54) is 7.11 Å². The van der Waals surface area contributed by atoms with Crippen LogP contribution in [-0.2, 0) is 23.9 Å². The lowest BCUT2D eigenvalue weighted by Gasteiger charge is -2.37. The largest absolute Gasteiger partial charge is 0.468 e. The Kier molecular flexibility index (Phi) is 9.90. The van der Waals surface area contributed by atoms with Gasteiger partial charge >= 0.3 is 12.1 Å². The number of benzene rings is 1. The van der Waals surface area contributed by atoms with E-state index < -0.39 is 35.7 Å². The molecule has 0 radical (unpaired) electrons. The van der Waals surface area contributed by atoms with Gasteiger partial charge in [-0.05, 0) is 57.1 Å². The third-order valence-corrected chi connectivity index (χ3v) is 6.47. The zero-order chi connectivity index (χ0) is 27.2. The lowest BCUT2D eigenvalue weighted by Crippen LogP contribution is -2.56. The van der Waals surface area contributed by atoms with E-state index in [0.717, 1.165) is 12.0 Å². The molecule has 0 saturated heterocycles. The number of methoxy groups -OCH3 is 1. The number of ether oxygens (including phenoxy) is 2. The number of hydrogen-bond acceptors (Lipinski definition) is 6. The number of aryl methyl sites for hydroxylation is 1. The molecule has 1 aliphatic rings. The lowest BCUT2D eigenvalue weighted by molar-refractivity contribution is -0.146. The first-order valence-electron chi connectivity index (χ1n) is 12.5. The van der Waals surface area contributed by atoms with Crippen molar-refractivity contribution in [3.63, 3.8) is 0 Å². The van der Waals surface area contributed by atoms with Crippen molar-refractivity contribution < 1.29 is 28.7 Å². The molecule has 0 heterocycles. The molecule has 9 heteroatoms. The van der Waals surface area contributed by atoms with Crippen molar-refractivity contribution in [1.82, 2.24) is 15.5 Å². The molecule has 0 aliphatic heterocycles. The average Bonchev–Trinajstić information content (AvgIpc) is 3.53. The average molecular weight is 504 g/mol. The van der Waals surface area contributed by atoms with Gasteiger partial charge in [0.2, 0.25) is 11.8 Å². The Bertz CT molecular complexity index is 957. The molecule has 36 heavy (non-hydrogen) atoms. The Morgan fingerprint density at radius 2 is 1.78 bits per heavy atom. The van der Waals surface area contributed by atoms with Gasteiger partial charge in [-0.25, -0.2) is 4.79 Å². The van der Waals surface area contributed by atoms with E-state index in [4.69, 9.17) is 4.74 Å². The van der Waals surface area contributed by atoms with Gasteiger partial charge in [0.1, 0.15) is 24.2 Å². The smallest absolute Gasteiger partial charge is 0.408 e. The van der Waals surface area contributed by atoms with E-state index in [0.29, 0.717) is 12.0 Å². The molecule has 3 amide bonds. The molecule has 0 spiro atoms. The minimum Gasteiger partial charge on any atom is -0.468 e. The fourth-order valence-corrected chi connectivity index (χ4v) is 4.09. The SMILES string of the molecule is CCC(C)C(NC(=O)OC(C)(C)C)C(=O)N(C(C(=O)NCC(=O)OC)c1ccccc1C)C1CC1C. The van der Waals surface area contributed by atoms with Crippen molar-refractivity contribution >= 4 is 23.9 Å². The quantitative estimate of drug-likeness (QED) is 0.473. The van der Waals surface area contributed by atoms with Crippen LogP contribution in [0.4, 0.5) is 4.79 Å². The number of esters is 1. The van der Waals surface area contributed by atoms with Gasteiger partial charge in [-0.1, -0.05) is 51.5 Å². The summed E-state index contributed by atoms with van der Waals surface area (Å²) in [6.45, 7) is 12.7. The van der Waals surface area contributed by atoms with Gasteiger partial charge < -0.3 is 25.0 Å². The number of carbonyl (C=O) groups is 4. The Balaban J connectivity index is 2.51. The Labute approximate surface area is 214 Å². The van der Waals surface area contributed by atoms with Crippen molar-refractivity contribution in [2.24, 2.45) is 11.8 Å². The van der Waals surface area contributed by atoms with E-state index >= 15 is 0 Å². The number of rotatable bonds is 10. The fraction of sp³-hybridized carbons (Fsp3) is 0.630.